The van der Waals surface area contributed by atoms with Crippen molar-refractivity contribution in [3.05, 3.63) is 42.5 Å². The van der Waals surface area contributed by atoms with Crippen molar-refractivity contribution in [3.8, 4) is 0 Å². The molecule has 1 aliphatic heterocycles. The summed E-state index contributed by atoms with van der Waals surface area (Å²) in [5.41, 5.74) is 0.245. The van der Waals surface area contributed by atoms with Gasteiger partial charge >= 0.3 is 0 Å². The summed E-state index contributed by atoms with van der Waals surface area (Å²) in [5.74, 6) is 0.607. The molecule has 0 bridgehead atoms. The van der Waals surface area contributed by atoms with Crippen LogP contribution in [0.2, 0.25) is 0 Å². The molecule has 0 atom stereocenters. The summed E-state index contributed by atoms with van der Waals surface area (Å²) in [6, 6.07) is 14.7. The minimum atomic E-state index is 0. The molecule has 1 heterocycles. The molecule has 0 aliphatic carbocycles. The quantitative estimate of drug-likeness (QED) is 0.791. The number of carbonyl (C=O) groups is 1. The molecule has 2 aromatic rings. The second kappa shape index (κ2) is 8.75. The summed E-state index contributed by atoms with van der Waals surface area (Å²) in [5, 5.41) is 8.94. The van der Waals surface area contributed by atoms with Gasteiger partial charge in [0.2, 0.25) is 5.91 Å². The number of benzene rings is 2. The molecule has 0 unspecified atom stereocenters. The van der Waals surface area contributed by atoms with E-state index >= 15 is 0 Å². The van der Waals surface area contributed by atoms with Crippen molar-refractivity contribution in [1.29, 1.82) is 0 Å². The third kappa shape index (κ3) is 5.13. The van der Waals surface area contributed by atoms with Gasteiger partial charge in [0.25, 0.3) is 0 Å². The molecule has 2 aromatic carbocycles. The van der Waals surface area contributed by atoms with Crippen LogP contribution >= 0.6 is 24.2 Å². The van der Waals surface area contributed by atoms with Gasteiger partial charge in [-0.05, 0) is 54.3 Å². The summed E-state index contributed by atoms with van der Waals surface area (Å²) < 4.78 is 0. The van der Waals surface area contributed by atoms with Crippen LogP contribution in [0.4, 0.5) is 0 Å². The van der Waals surface area contributed by atoms with E-state index in [2.05, 4.69) is 47.9 Å². The van der Waals surface area contributed by atoms with Gasteiger partial charge in [0.15, 0.2) is 0 Å². The molecule has 3 rings (SSSR count). The Morgan fingerprint density at radius 1 is 1.17 bits per heavy atom. The highest BCUT2D eigenvalue weighted by atomic mass is 35.5. The van der Waals surface area contributed by atoms with Crippen molar-refractivity contribution in [2.75, 3.05) is 25.4 Å². The molecule has 5 heteroatoms. The van der Waals surface area contributed by atoms with E-state index in [-0.39, 0.29) is 23.7 Å². The van der Waals surface area contributed by atoms with E-state index in [1.54, 1.807) is 11.8 Å². The second-order valence-electron chi connectivity index (χ2n) is 6.64. The average Bonchev–Trinajstić information content (AvgIpc) is 2.59. The van der Waals surface area contributed by atoms with Gasteiger partial charge in [0, 0.05) is 11.4 Å². The van der Waals surface area contributed by atoms with Crippen molar-refractivity contribution in [1.82, 2.24) is 10.6 Å². The average molecular weight is 365 g/mol. The molecule has 0 saturated carbocycles. The molecule has 24 heavy (non-hydrogen) atoms. The third-order valence-electron chi connectivity index (χ3n) is 4.61. The van der Waals surface area contributed by atoms with Crippen molar-refractivity contribution in [3.63, 3.8) is 0 Å². The minimum absolute atomic E-state index is 0. The fourth-order valence-corrected chi connectivity index (χ4v) is 3.75. The zero-order valence-corrected chi connectivity index (χ0v) is 15.6. The predicted molar refractivity (Wildman–Crippen MR) is 105 cm³/mol. The number of nitrogens with one attached hydrogen (secondary N) is 2. The van der Waals surface area contributed by atoms with Gasteiger partial charge in [-0.25, -0.2) is 0 Å². The topological polar surface area (TPSA) is 41.1 Å². The lowest BCUT2D eigenvalue weighted by Gasteiger charge is -2.34. The first-order chi connectivity index (χ1) is 11.1. The number of amides is 1. The summed E-state index contributed by atoms with van der Waals surface area (Å²) in [6.45, 7) is 5.16. The predicted octanol–water partition coefficient (Wildman–Crippen LogP) is 3.86. The van der Waals surface area contributed by atoms with Crippen LogP contribution in [-0.2, 0) is 4.79 Å². The van der Waals surface area contributed by atoms with Crippen molar-refractivity contribution in [2.24, 2.45) is 5.41 Å². The maximum Gasteiger partial charge on any atom is 0.230 e. The molecule has 0 aromatic heterocycles. The van der Waals surface area contributed by atoms with Gasteiger partial charge in [0.1, 0.15) is 0 Å². The Kier molecular flexibility index (Phi) is 6.96. The van der Waals surface area contributed by atoms with Gasteiger partial charge in [0.05, 0.1) is 5.75 Å². The van der Waals surface area contributed by atoms with Crippen LogP contribution in [0.25, 0.3) is 10.8 Å². The van der Waals surface area contributed by atoms with Gasteiger partial charge in [-0.15, -0.1) is 24.2 Å². The summed E-state index contributed by atoms with van der Waals surface area (Å²) in [4.78, 5) is 13.3. The smallest absolute Gasteiger partial charge is 0.230 e. The fraction of sp³-hybridized carbons (Fsp3) is 0.421. The first kappa shape index (κ1) is 19.1. The normalized spacial score (nSPS) is 16.4. The highest BCUT2D eigenvalue weighted by Crippen LogP contribution is 2.27. The van der Waals surface area contributed by atoms with Crippen molar-refractivity contribution in [2.45, 2.75) is 24.7 Å². The number of carbonyl (C=O) groups excluding carboxylic acids is 1. The van der Waals surface area contributed by atoms with E-state index < -0.39 is 0 Å². The number of piperidine rings is 1. The van der Waals surface area contributed by atoms with Crippen LogP contribution in [0.15, 0.2) is 47.4 Å². The Morgan fingerprint density at radius 2 is 1.88 bits per heavy atom. The molecule has 1 fully saturated rings. The molecule has 3 nitrogen and oxygen atoms in total. The van der Waals surface area contributed by atoms with Crippen LogP contribution in [0.3, 0.4) is 0 Å². The lowest BCUT2D eigenvalue weighted by atomic mass is 9.81. The highest BCUT2D eigenvalue weighted by molar-refractivity contribution is 8.00. The summed E-state index contributed by atoms with van der Waals surface area (Å²) >= 11 is 1.60. The molecule has 130 valence electrons. The van der Waals surface area contributed by atoms with E-state index in [4.69, 9.17) is 0 Å². The summed E-state index contributed by atoms with van der Waals surface area (Å²) in [7, 11) is 0. The SMILES string of the molecule is CC1(CNC(=O)CSc2ccc3ccccc3c2)CCNCC1.Cl. The Labute approximate surface area is 154 Å². The van der Waals surface area contributed by atoms with Crippen molar-refractivity contribution >= 4 is 40.8 Å². The largest absolute Gasteiger partial charge is 0.355 e. The zero-order valence-electron chi connectivity index (χ0n) is 14.0. The van der Waals surface area contributed by atoms with Crippen LogP contribution in [0.5, 0.6) is 0 Å². The highest BCUT2D eigenvalue weighted by Gasteiger charge is 2.26. The molecule has 1 amide bonds. The lowest BCUT2D eigenvalue weighted by molar-refractivity contribution is -0.119. The maximum atomic E-state index is 12.1. The molecule has 1 saturated heterocycles. The van der Waals surface area contributed by atoms with Gasteiger partial charge in [-0.1, -0.05) is 37.3 Å². The molecular formula is C19H25ClN2OS. The fourth-order valence-electron chi connectivity index (χ4n) is 2.98. The number of rotatable bonds is 5. The number of hydrogen-bond donors (Lipinski definition) is 2. The number of halogens is 1. The second-order valence-corrected chi connectivity index (χ2v) is 7.68. The summed E-state index contributed by atoms with van der Waals surface area (Å²) in [6.07, 6.45) is 2.26. The van der Waals surface area contributed by atoms with E-state index in [1.165, 1.54) is 10.8 Å². The Hall–Kier alpha value is -1.23. The van der Waals surface area contributed by atoms with Gasteiger partial charge in [-0.3, -0.25) is 4.79 Å². The van der Waals surface area contributed by atoms with Crippen LogP contribution in [0, 0.1) is 5.41 Å². The monoisotopic (exact) mass is 364 g/mol. The van der Waals surface area contributed by atoms with Gasteiger partial charge in [-0.2, -0.15) is 0 Å². The molecule has 0 spiro atoms. The molecule has 1 aliphatic rings. The standard InChI is InChI=1S/C19H24N2OS.ClH/c1-19(8-10-20-11-9-19)14-21-18(22)13-23-17-7-6-15-4-2-3-5-16(15)12-17;/h2-7,12,20H,8-11,13-14H2,1H3,(H,21,22);1H. The molecule has 2 N–H and O–H groups in total. The van der Waals surface area contributed by atoms with Crippen molar-refractivity contribution < 1.29 is 4.79 Å². The Bertz CT molecular complexity index is 686. The minimum Gasteiger partial charge on any atom is -0.355 e. The third-order valence-corrected chi connectivity index (χ3v) is 5.61. The number of fused-ring (bicyclic) bond motifs is 1. The lowest BCUT2D eigenvalue weighted by Crippen LogP contribution is -2.43. The Morgan fingerprint density at radius 3 is 2.62 bits per heavy atom. The van der Waals surface area contributed by atoms with E-state index in [0.717, 1.165) is 37.4 Å². The number of thioether (sulfide) groups is 1. The van der Waals surface area contributed by atoms with Crippen LogP contribution < -0.4 is 10.6 Å². The first-order valence-electron chi connectivity index (χ1n) is 8.24. The maximum absolute atomic E-state index is 12.1. The van der Waals surface area contributed by atoms with Crippen LogP contribution in [0.1, 0.15) is 19.8 Å². The van der Waals surface area contributed by atoms with E-state index in [1.807, 2.05) is 12.1 Å². The van der Waals surface area contributed by atoms with E-state index in [9.17, 15) is 4.79 Å². The molecular weight excluding hydrogens is 340 g/mol. The van der Waals surface area contributed by atoms with E-state index in [0.29, 0.717) is 5.75 Å². The number of hydrogen-bond acceptors (Lipinski definition) is 3. The molecule has 0 radical (unpaired) electrons. The zero-order chi connectivity index (χ0) is 16.1. The first-order valence-corrected chi connectivity index (χ1v) is 9.22. The van der Waals surface area contributed by atoms with Crippen LogP contribution in [-0.4, -0.2) is 31.3 Å². The van der Waals surface area contributed by atoms with Gasteiger partial charge < -0.3 is 10.6 Å². The Balaban J connectivity index is 0.00000208.